The monoisotopic (exact) mass is 255 g/mol. The molecule has 1 aromatic rings. The van der Waals surface area contributed by atoms with E-state index in [0.29, 0.717) is 6.42 Å². The summed E-state index contributed by atoms with van der Waals surface area (Å²) in [5.74, 6) is -0.457. The van der Waals surface area contributed by atoms with Crippen molar-refractivity contribution in [3.63, 3.8) is 0 Å². The highest BCUT2D eigenvalue weighted by molar-refractivity contribution is 7.70. The molecular formula is C12H18NO3P. The molecule has 5 heteroatoms. The van der Waals surface area contributed by atoms with Gasteiger partial charge in [0.15, 0.2) is 0 Å². The van der Waals surface area contributed by atoms with Crippen LogP contribution in [-0.4, -0.2) is 32.5 Å². The van der Waals surface area contributed by atoms with Crippen LogP contribution in [0.2, 0.25) is 0 Å². The fourth-order valence-corrected chi connectivity index (χ4v) is 2.98. The molecule has 94 valence electrons. The topological polar surface area (TPSA) is 69.4 Å². The van der Waals surface area contributed by atoms with Gasteiger partial charge >= 0.3 is 5.97 Å². The summed E-state index contributed by atoms with van der Waals surface area (Å²) >= 11 is 0. The lowest BCUT2D eigenvalue weighted by Crippen LogP contribution is -2.35. The molecule has 1 rings (SSSR count). The lowest BCUT2D eigenvalue weighted by atomic mass is 10.1. The van der Waals surface area contributed by atoms with E-state index in [9.17, 15) is 9.36 Å². The lowest BCUT2D eigenvalue weighted by molar-refractivity contribution is -0.142. The molecule has 0 radical (unpaired) electrons. The maximum atomic E-state index is 12.1. The van der Waals surface area contributed by atoms with Crippen molar-refractivity contribution in [2.75, 3.05) is 20.4 Å². The van der Waals surface area contributed by atoms with E-state index in [-0.39, 0.29) is 0 Å². The summed E-state index contributed by atoms with van der Waals surface area (Å²) in [4.78, 5) is 11.3. The molecule has 0 aromatic heterocycles. The number of hydrogen-bond acceptors (Lipinski definition) is 4. The quantitative estimate of drug-likeness (QED) is 0.643. The van der Waals surface area contributed by atoms with E-state index in [2.05, 4.69) is 4.74 Å². The van der Waals surface area contributed by atoms with Gasteiger partial charge in [0.1, 0.15) is 13.2 Å². The van der Waals surface area contributed by atoms with Crippen LogP contribution in [0.3, 0.4) is 0 Å². The first kappa shape index (κ1) is 13.9. The largest absolute Gasteiger partial charge is 0.468 e. The molecular weight excluding hydrogens is 237 g/mol. The Morgan fingerprint density at radius 3 is 2.53 bits per heavy atom. The predicted octanol–water partition coefficient (Wildman–Crippen LogP) is 0.977. The minimum atomic E-state index is -2.36. The average molecular weight is 255 g/mol. The molecule has 2 N–H and O–H groups in total. The molecule has 1 atom stereocenters. The summed E-state index contributed by atoms with van der Waals surface area (Å²) < 4.78 is 16.7. The summed E-state index contributed by atoms with van der Waals surface area (Å²) in [7, 11) is -1.05. The average Bonchev–Trinajstić information content (AvgIpc) is 2.27. The molecule has 0 spiro atoms. The Morgan fingerprint density at radius 1 is 1.41 bits per heavy atom. The first-order chi connectivity index (χ1) is 7.86. The highest BCUT2D eigenvalue weighted by Crippen LogP contribution is 2.36. The number of hydrogen-bond donors (Lipinski definition) is 1. The number of carbonyl (C=O) groups excluding carboxylic acids is 1. The van der Waals surface area contributed by atoms with Crippen LogP contribution in [0.4, 0.5) is 0 Å². The van der Waals surface area contributed by atoms with Gasteiger partial charge in [0.05, 0.1) is 7.11 Å². The van der Waals surface area contributed by atoms with Crippen molar-refractivity contribution in [3.8, 4) is 0 Å². The zero-order valence-corrected chi connectivity index (χ0v) is 11.2. The summed E-state index contributed by atoms with van der Waals surface area (Å²) in [6, 6.07) is 6.63. The molecule has 0 saturated carbocycles. The highest BCUT2D eigenvalue weighted by Gasteiger charge is 2.20. The van der Waals surface area contributed by atoms with Gasteiger partial charge in [-0.05, 0) is 25.3 Å². The number of rotatable bonds is 4. The highest BCUT2D eigenvalue weighted by atomic mass is 31.2. The van der Waals surface area contributed by atoms with Crippen molar-refractivity contribution in [2.45, 2.75) is 12.5 Å². The molecule has 0 heterocycles. The van der Waals surface area contributed by atoms with Crippen molar-refractivity contribution >= 4 is 18.4 Å². The van der Waals surface area contributed by atoms with E-state index in [1.54, 1.807) is 13.3 Å². The number of carbonyl (C=O) groups is 1. The van der Waals surface area contributed by atoms with Crippen LogP contribution in [0.25, 0.3) is 0 Å². The first-order valence-electron chi connectivity index (χ1n) is 5.33. The van der Waals surface area contributed by atoms with Crippen LogP contribution >= 0.6 is 7.14 Å². The van der Waals surface area contributed by atoms with Crippen LogP contribution in [0.1, 0.15) is 5.56 Å². The second-order valence-electron chi connectivity index (χ2n) is 4.31. The van der Waals surface area contributed by atoms with Gasteiger partial charge in [0.25, 0.3) is 0 Å². The molecule has 0 aliphatic carbocycles. The van der Waals surface area contributed by atoms with Gasteiger partial charge in [0.2, 0.25) is 0 Å². The van der Waals surface area contributed by atoms with E-state index in [0.717, 1.165) is 10.9 Å². The zero-order valence-electron chi connectivity index (χ0n) is 10.3. The molecule has 0 aliphatic rings. The van der Waals surface area contributed by atoms with Crippen molar-refractivity contribution in [3.05, 3.63) is 29.8 Å². The Bertz CT molecular complexity index is 453. The smallest absolute Gasteiger partial charge is 0.322 e. The summed E-state index contributed by atoms with van der Waals surface area (Å²) in [6.45, 7) is 3.41. The Balaban J connectivity index is 3.00. The van der Waals surface area contributed by atoms with E-state index >= 15 is 0 Å². The van der Waals surface area contributed by atoms with E-state index in [4.69, 9.17) is 5.73 Å². The molecule has 0 aliphatic heterocycles. The predicted molar refractivity (Wildman–Crippen MR) is 69.2 cm³/mol. The van der Waals surface area contributed by atoms with Gasteiger partial charge in [-0.2, -0.15) is 0 Å². The fourth-order valence-electron chi connectivity index (χ4n) is 1.68. The SMILES string of the molecule is COC(=O)C(N)Cc1ccccc1P(C)(C)=O. The number of ether oxygens (including phenoxy) is 1. The minimum Gasteiger partial charge on any atom is -0.468 e. The van der Waals surface area contributed by atoms with Gasteiger partial charge < -0.3 is 15.0 Å². The molecule has 0 fully saturated rings. The first-order valence-corrected chi connectivity index (χ1v) is 7.93. The maximum absolute atomic E-state index is 12.1. The molecule has 0 amide bonds. The standard InChI is InChI=1S/C12H18NO3P/c1-16-12(14)10(13)8-9-6-4-5-7-11(9)17(2,3)15/h4-7,10H,8,13H2,1-3H3. The number of nitrogens with two attached hydrogens (primary N) is 1. The lowest BCUT2D eigenvalue weighted by Gasteiger charge is -2.15. The van der Waals surface area contributed by atoms with Gasteiger partial charge in [-0.25, -0.2) is 0 Å². The van der Waals surface area contributed by atoms with Crippen molar-refractivity contribution in [2.24, 2.45) is 5.73 Å². The third-order valence-electron chi connectivity index (χ3n) is 2.52. The summed E-state index contributed by atoms with van der Waals surface area (Å²) in [5, 5.41) is 0.777. The van der Waals surface area contributed by atoms with Gasteiger partial charge in [-0.15, -0.1) is 0 Å². The van der Waals surface area contributed by atoms with Crippen LogP contribution < -0.4 is 11.0 Å². The number of benzene rings is 1. The third-order valence-corrected chi connectivity index (χ3v) is 4.11. The molecule has 0 bridgehead atoms. The van der Waals surface area contributed by atoms with E-state index in [1.165, 1.54) is 7.11 Å². The Labute approximate surface area is 102 Å². The molecule has 1 aromatic carbocycles. The molecule has 17 heavy (non-hydrogen) atoms. The minimum absolute atomic E-state index is 0.342. The number of esters is 1. The van der Waals surface area contributed by atoms with Crippen molar-refractivity contribution in [1.82, 2.24) is 0 Å². The third kappa shape index (κ3) is 3.69. The molecule has 4 nitrogen and oxygen atoms in total. The number of methoxy groups -OCH3 is 1. The Kier molecular flexibility index (Phi) is 4.49. The van der Waals surface area contributed by atoms with Crippen LogP contribution in [0.15, 0.2) is 24.3 Å². The van der Waals surface area contributed by atoms with Crippen LogP contribution in [0.5, 0.6) is 0 Å². The van der Waals surface area contributed by atoms with Gasteiger partial charge in [0, 0.05) is 5.30 Å². The molecule has 0 saturated heterocycles. The van der Waals surface area contributed by atoms with Gasteiger partial charge in [-0.1, -0.05) is 24.3 Å². The normalized spacial score (nSPS) is 13.2. The van der Waals surface area contributed by atoms with Crippen LogP contribution in [0, 0.1) is 0 Å². The van der Waals surface area contributed by atoms with E-state index in [1.807, 2.05) is 24.3 Å². The Morgan fingerprint density at radius 2 is 2.00 bits per heavy atom. The van der Waals surface area contributed by atoms with Crippen molar-refractivity contribution < 1.29 is 14.1 Å². The van der Waals surface area contributed by atoms with Crippen molar-refractivity contribution in [1.29, 1.82) is 0 Å². The van der Waals surface area contributed by atoms with E-state index < -0.39 is 19.2 Å². The fraction of sp³-hybridized carbons (Fsp3) is 0.417. The maximum Gasteiger partial charge on any atom is 0.322 e. The zero-order chi connectivity index (χ0) is 13.1. The second-order valence-corrected chi connectivity index (χ2v) is 7.50. The van der Waals surface area contributed by atoms with Gasteiger partial charge in [-0.3, -0.25) is 4.79 Å². The second kappa shape index (κ2) is 5.48. The molecule has 1 unspecified atom stereocenters. The Hall–Kier alpha value is -1.12. The van der Waals surface area contributed by atoms with Crippen LogP contribution in [-0.2, 0) is 20.5 Å². The summed E-state index contributed by atoms with van der Waals surface area (Å²) in [5.41, 5.74) is 6.55. The summed E-state index contributed by atoms with van der Waals surface area (Å²) in [6.07, 6.45) is 0.342.